The monoisotopic (exact) mass is 340 g/mol. The van der Waals surface area contributed by atoms with Crippen molar-refractivity contribution in [1.29, 1.82) is 0 Å². The van der Waals surface area contributed by atoms with Gasteiger partial charge in [0, 0.05) is 31.2 Å². The molecular formula is C18H24N6O. The summed E-state index contributed by atoms with van der Waals surface area (Å²) in [6.07, 6.45) is 5.47. The third-order valence-electron chi connectivity index (χ3n) is 5.76. The molecule has 1 saturated heterocycles. The minimum Gasteiger partial charge on any atom is -0.373 e. The summed E-state index contributed by atoms with van der Waals surface area (Å²) < 4.78 is 7.67. The van der Waals surface area contributed by atoms with Gasteiger partial charge in [0.15, 0.2) is 5.82 Å². The number of likely N-dealkylation sites (N-methyl/N-ethyl adjacent to an activating group) is 1. The fraction of sp³-hybridized carbons (Fsp3) is 0.611. The van der Waals surface area contributed by atoms with Gasteiger partial charge in [-0.15, -0.1) is 5.10 Å². The van der Waals surface area contributed by atoms with Gasteiger partial charge in [0.05, 0.1) is 37.3 Å². The van der Waals surface area contributed by atoms with E-state index in [1.54, 1.807) is 0 Å². The van der Waals surface area contributed by atoms with Crippen LogP contribution in [0.3, 0.4) is 0 Å². The number of fused-ring (bicyclic) bond motifs is 2. The van der Waals surface area contributed by atoms with Gasteiger partial charge in [0.25, 0.3) is 0 Å². The van der Waals surface area contributed by atoms with Crippen LogP contribution in [0.4, 0.5) is 5.82 Å². The third kappa shape index (κ3) is 2.71. The Bertz CT molecular complexity index is 782. The molecular weight excluding hydrogens is 316 g/mol. The van der Waals surface area contributed by atoms with Crippen molar-refractivity contribution in [2.24, 2.45) is 0 Å². The molecule has 0 atom stereocenters. The Morgan fingerprint density at radius 2 is 2.20 bits per heavy atom. The van der Waals surface area contributed by atoms with Crippen LogP contribution in [0.1, 0.15) is 28.9 Å². The molecule has 2 aromatic rings. The quantitative estimate of drug-likeness (QED) is 0.828. The maximum atomic E-state index is 5.59. The summed E-state index contributed by atoms with van der Waals surface area (Å²) in [7, 11) is 2.20. The van der Waals surface area contributed by atoms with Gasteiger partial charge in [-0.3, -0.25) is 9.58 Å². The maximum Gasteiger partial charge on any atom is 0.151 e. The Balaban J connectivity index is 1.21. The molecule has 0 spiro atoms. The Labute approximate surface area is 147 Å². The number of hydrogen-bond donors (Lipinski definition) is 0. The number of ether oxygens (including phenoxy) is 1. The SMILES string of the molecule is CN(Cc1cnn2c1COCC2)C1CN(c2cc3c(nn2)CCC3)C1. The van der Waals surface area contributed by atoms with Crippen molar-refractivity contribution in [3.8, 4) is 0 Å². The lowest BCUT2D eigenvalue weighted by Gasteiger charge is -2.44. The zero-order valence-corrected chi connectivity index (χ0v) is 14.7. The first-order valence-corrected chi connectivity index (χ1v) is 9.20. The van der Waals surface area contributed by atoms with Gasteiger partial charge < -0.3 is 9.64 Å². The van der Waals surface area contributed by atoms with E-state index in [0.717, 1.165) is 51.4 Å². The molecule has 4 heterocycles. The second-order valence-electron chi connectivity index (χ2n) is 7.39. The van der Waals surface area contributed by atoms with Gasteiger partial charge in [-0.05, 0) is 37.9 Å². The van der Waals surface area contributed by atoms with E-state index in [1.807, 2.05) is 6.20 Å². The van der Waals surface area contributed by atoms with Crippen LogP contribution in [0.2, 0.25) is 0 Å². The largest absolute Gasteiger partial charge is 0.373 e. The van der Waals surface area contributed by atoms with E-state index in [-0.39, 0.29) is 0 Å². The topological polar surface area (TPSA) is 59.3 Å². The van der Waals surface area contributed by atoms with Gasteiger partial charge in [-0.2, -0.15) is 10.2 Å². The van der Waals surface area contributed by atoms with E-state index in [4.69, 9.17) is 4.74 Å². The standard InChI is InChI=1S/C18H24N6O/c1-22(9-14-8-19-24-5-6-25-12-17(14)24)15-10-23(11-15)18-7-13-3-2-4-16(13)20-21-18/h7-8,15H,2-6,9-12H2,1H3. The third-order valence-corrected chi connectivity index (χ3v) is 5.76. The predicted molar refractivity (Wildman–Crippen MR) is 93.4 cm³/mol. The first-order valence-electron chi connectivity index (χ1n) is 9.20. The Hall–Kier alpha value is -1.99. The van der Waals surface area contributed by atoms with Gasteiger partial charge in [-0.1, -0.05) is 0 Å². The Morgan fingerprint density at radius 1 is 1.28 bits per heavy atom. The molecule has 7 nitrogen and oxygen atoms in total. The molecule has 0 unspecified atom stereocenters. The van der Waals surface area contributed by atoms with Gasteiger partial charge in [-0.25, -0.2) is 0 Å². The summed E-state index contributed by atoms with van der Waals surface area (Å²) in [5, 5.41) is 13.3. The molecule has 3 aliphatic rings. The number of nitrogens with zero attached hydrogens (tertiary/aromatic N) is 6. The highest BCUT2D eigenvalue weighted by atomic mass is 16.5. The molecule has 2 aliphatic heterocycles. The van der Waals surface area contributed by atoms with Crippen molar-refractivity contribution in [2.75, 3.05) is 31.6 Å². The molecule has 1 aliphatic carbocycles. The van der Waals surface area contributed by atoms with Crippen molar-refractivity contribution in [1.82, 2.24) is 24.9 Å². The van der Waals surface area contributed by atoms with Crippen molar-refractivity contribution in [2.45, 2.75) is 45.0 Å². The minimum atomic E-state index is 0.551. The van der Waals surface area contributed by atoms with Crippen LogP contribution in [-0.4, -0.2) is 57.7 Å². The number of aryl methyl sites for hydroxylation is 2. The molecule has 2 aromatic heterocycles. The number of anilines is 1. The van der Waals surface area contributed by atoms with Crippen molar-refractivity contribution in [3.63, 3.8) is 0 Å². The smallest absolute Gasteiger partial charge is 0.151 e. The van der Waals surface area contributed by atoms with E-state index in [9.17, 15) is 0 Å². The second-order valence-corrected chi connectivity index (χ2v) is 7.39. The summed E-state index contributed by atoms with van der Waals surface area (Å²) in [5.41, 5.74) is 5.12. The lowest BCUT2D eigenvalue weighted by Crippen LogP contribution is -2.58. The highest BCUT2D eigenvalue weighted by Crippen LogP contribution is 2.27. The molecule has 5 rings (SSSR count). The first-order chi connectivity index (χ1) is 12.3. The van der Waals surface area contributed by atoms with E-state index in [1.165, 1.54) is 28.9 Å². The highest BCUT2D eigenvalue weighted by Gasteiger charge is 2.32. The number of aromatic nitrogens is 4. The minimum absolute atomic E-state index is 0.551. The molecule has 0 amide bonds. The molecule has 0 saturated carbocycles. The zero-order valence-electron chi connectivity index (χ0n) is 14.7. The first kappa shape index (κ1) is 15.3. The Morgan fingerprint density at radius 3 is 3.12 bits per heavy atom. The molecule has 25 heavy (non-hydrogen) atoms. The predicted octanol–water partition coefficient (Wildman–Crippen LogP) is 1.01. The lowest BCUT2D eigenvalue weighted by molar-refractivity contribution is 0.0784. The lowest BCUT2D eigenvalue weighted by atomic mass is 10.1. The van der Waals surface area contributed by atoms with Crippen LogP contribution < -0.4 is 4.90 Å². The van der Waals surface area contributed by atoms with Crippen molar-refractivity contribution >= 4 is 5.82 Å². The van der Waals surface area contributed by atoms with Gasteiger partial charge in [0.2, 0.25) is 0 Å². The molecule has 132 valence electrons. The molecule has 1 fully saturated rings. The summed E-state index contributed by atoms with van der Waals surface area (Å²) in [6.45, 7) is 5.28. The van der Waals surface area contributed by atoms with E-state index in [0.29, 0.717) is 12.6 Å². The number of hydrogen-bond acceptors (Lipinski definition) is 6. The molecule has 0 N–H and O–H groups in total. The van der Waals surface area contributed by atoms with Crippen molar-refractivity contribution in [3.05, 3.63) is 34.8 Å². The van der Waals surface area contributed by atoms with E-state index >= 15 is 0 Å². The summed E-state index contributed by atoms with van der Waals surface area (Å²) >= 11 is 0. The average Bonchev–Trinajstić information content (AvgIpc) is 3.20. The van der Waals surface area contributed by atoms with Crippen molar-refractivity contribution < 1.29 is 4.74 Å². The number of rotatable bonds is 4. The molecule has 0 aromatic carbocycles. The Kier molecular flexibility index (Phi) is 3.71. The van der Waals surface area contributed by atoms with E-state index < -0.39 is 0 Å². The van der Waals surface area contributed by atoms with Gasteiger partial charge in [0.1, 0.15) is 0 Å². The summed E-state index contributed by atoms with van der Waals surface area (Å²) in [5.74, 6) is 1.04. The average molecular weight is 340 g/mol. The van der Waals surface area contributed by atoms with Crippen LogP contribution in [0.15, 0.2) is 12.3 Å². The molecule has 7 heteroatoms. The van der Waals surface area contributed by atoms with Crippen LogP contribution in [0.25, 0.3) is 0 Å². The van der Waals surface area contributed by atoms with Crippen LogP contribution >= 0.6 is 0 Å². The summed E-state index contributed by atoms with van der Waals surface area (Å²) in [6, 6.07) is 2.80. The molecule has 0 bridgehead atoms. The fourth-order valence-corrected chi connectivity index (χ4v) is 4.05. The van der Waals surface area contributed by atoms with E-state index in [2.05, 4.69) is 42.9 Å². The van der Waals surface area contributed by atoms with Crippen LogP contribution in [0.5, 0.6) is 0 Å². The maximum absolute atomic E-state index is 5.59. The highest BCUT2D eigenvalue weighted by molar-refractivity contribution is 5.45. The van der Waals surface area contributed by atoms with Gasteiger partial charge >= 0.3 is 0 Å². The van der Waals surface area contributed by atoms with Crippen LogP contribution in [-0.2, 0) is 37.3 Å². The normalized spacial score (nSPS) is 19.8. The zero-order chi connectivity index (χ0) is 16.8. The fourth-order valence-electron chi connectivity index (χ4n) is 4.05. The second kappa shape index (κ2) is 6.07. The summed E-state index contributed by atoms with van der Waals surface area (Å²) in [4.78, 5) is 4.76. The molecule has 0 radical (unpaired) electrons. The van der Waals surface area contributed by atoms with Crippen LogP contribution in [0, 0.1) is 0 Å².